The molecule has 0 radical (unpaired) electrons. The number of ether oxygens (including phenoxy) is 1. The fourth-order valence-electron chi connectivity index (χ4n) is 9.30. The Morgan fingerprint density at radius 2 is 1.93 bits per heavy atom. The summed E-state index contributed by atoms with van der Waals surface area (Å²) in [5.74, 6) is 5.66. The number of allylic oxidation sites excluding steroid dienone is 1. The summed E-state index contributed by atoms with van der Waals surface area (Å²) in [6.07, 6.45) is 14.0. The van der Waals surface area contributed by atoms with E-state index in [0.717, 1.165) is 54.9 Å². The molecule has 0 aromatic heterocycles. The Labute approximate surface area is 177 Å². The molecule has 0 amide bonds. The molecule has 162 valence electrons. The fraction of sp³-hybridized carbons (Fsp3) is 0.923. The molecule has 0 aromatic carbocycles. The first-order valence-electron chi connectivity index (χ1n) is 12.7. The summed E-state index contributed by atoms with van der Waals surface area (Å²) in [7, 11) is 0. The van der Waals surface area contributed by atoms with Gasteiger partial charge in [0, 0.05) is 12.5 Å². The molecule has 11 atom stereocenters. The van der Waals surface area contributed by atoms with Crippen molar-refractivity contribution in [2.75, 3.05) is 6.54 Å². The maximum atomic E-state index is 10.2. The molecule has 0 bridgehead atoms. The molecule has 5 fully saturated rings. The number of hydrogen-bond donors (Lipinski definition) is 2. The van der Waals surface area contributed by atoms with Gasteiger partial charge in [0.05, 0.1) is 12.2 Å². The van der Waals surface area contributed by atoms with E-state index in [1.165, 1.54) is 44.9 Å². The SMILES string of the molecule is C[C@@H]1CC[C@]2(NC1)O[C@@H]1C[C@H]3[C@H]4CC=C5C[C@H](O)CC[C@@]5(C)[C@@H]4CC[C@@H]3[C@H]1[C@@H]2C. The normalized spacial score (nSPS) is 58.9. The van der Waals surface area contributed by atoms with Gasteiger partial charge in [0.2, 0.25) is 0 Å². The lowest BCUT2D eigenvalue weighted by atomic mass is 9.50. The van der Waals surface area contributed by atoms with Gasteiger partial charge in [-0.3, -0.25) is 5.32 Å². The van der Waals surface area contributed by atoms with Crippen LogP contribution in [0.5, 0.6) is 0 Å². The molecule has 29 heavy (non-hydrogen) atoms. The maximum absolute atomic E-state index is 10.2. The van der Waals surface area contributed by atoms with Crippen molar-refractivity contribution in [1.82, 2.24) is 5.32 Å². The van der Waals surface area contributed by atoms with Crippen molar-refractivity contribution >= 4 is 0 Å². The zero-order chi connectivity index (χ0) is 20.0. The summed E-state index contributed by atoms with van der Waals surface area (Å²) in [6, 6.07) is 0. The van der Waals surface area contributed by atoms with Crippen LogP contribution >= 0.6 is 0 Å². The van der Waals surface area contributed by atoms with Crippen LogP contribution in [0, 0.1) is 46.8 Å². The van der Waals surface area contributed by atoms with Crippen LogP contribution in [0.15, 0.2) is 11.6 Å². The van der Waals surface area contributed by atoms with Gasteiger partial charge in [-0.25, -0.2) is 0 Å². The molecule has 2 N–H and O–H groups in total. The first-order chi connectivity index (χ1) is 13.9. The van der Waals surface area contributed by atoms with Crippen LogP contribution < -0.4 is 5.32 Å². The quantitative estimate of drug-likeness (QED) is 0.570. The van der Waals surface area contributed by atoms with Crippen molar-refractivity contribution in [2.45, 2.75) is 96.5 Å². The Kier molecular flexibility index (Phi) is 4.37. The topological polar surface area (TPSA) is 41.5 Å². The first-order valence-corrected chi connectivity index (χ1v) is 12.7. The number of piperidine rings is 1. The van der Waals surface area contributed by atoms with Crippen LogP contribution in [-0.2, 0) is 4.74 Å². The smallest absolute Gasteiger partial charge is 0.122 e. The monoisotopic (exact) mass is 399 g/mol. The van der Waals surface area contributed by atoms with Crippen LogP contribution in [0.3, 0.4) is 0 Å². The lowest BCUT2D eigenvalue weighted by Gasteiger charge is -2.55. The van der Waals surface area contributed by atoms with Crippen LogP contribution in [0.2, 0.25) is 0 Å². The van der Waals surface area contributed by atoms with Crippen molar-refractivity contribution in [3.8, 4) is 0 Å². The highest BCUT2D eigenvalue weighted by Crippen LogP contribution is 2.65. The highest BCUT2D eigenvalue weighted by atomic mass is 16.5. The van der Waals surface area contributed by atoms with E-state index in [1.54, 1.807) is 5.57 Å². The molecule has 3 heteroatoms. The van der Waals surface area contributed by atoms with Gasteiger partial charge in [-0.1, -0.05) is 32.4 Å². The van der Waals surface area contributed by atoms with E-state index < -0.39 is 0 Å². The van der Waals surface area contributed by atoms with E-state index in [4.69, 9.17) is 4.74 Å². The predicted molar refractivity (Wildman–Crippen MR) is 115 cm³/mol. The summed E-state index contributed by atoms with van der Waals surface area (Å²) in [6.45, 7) is 8.54. The van der Waals surface area contributed by atoms with Gasteiger partial charge >= 0.3 is 0 Å². The number of hydrogen-bond acceptors (Lipinski definition) is 3. The van der Waals surface area contributed by atoms with E-state index in [-0.39, 0.29) is 11.8 Å². The molecule has 6 rings (SSSR count). The predicted octanol–water partition coefficient (Wildman–Crippen LogP) is 4.90. The summed E-state index contributed by atoms with van der Waals surface area (Å²) in [5.41, 5.74) is 1.94. The maximum Gasteiger partial charge on any atom is 0.122 e. The number of nitrogens with one attached hydrogen (secondary N) is 1. The molecule has 3 nitrogen and oxygen atoms in total. The molecular formula is C26H41NO2. The van der Waals surface area contributed by atoms with Gasteiger partial charge in [0.15, 0.2) is 0 Å². The van der Waals surface area contributed by atoms with Gasteiger partial charge in [0.25, 0.3) is 0 Å². The fourth-order valence-corrected chi connectivity index (χ4v) is 9.30. The molecule has 0 unspecified atom stereocenters. The van der Waals surface area contributed by atoms with Gasteiger partial charge in [-0.15, -0.1) is 0 Å². The van der Waals surface area contributed by atoms with Gasteiger partial charge in [0.1, 0.15) is 5.72 Å². The highest BCUT2D eigenvalue weighted by Gasteiger charge is 2.63. The Morgan fingerprint density at radius 3 is 2.72 bits per heavy atom. The minimum Gasteiger partial charge on any atom is -0.393 e. The third-order valence-electron chi connectivity index (χ3n) is 10.9. The minimum atomic E-state index is -0.0933. The average molecular weight is 400 g/mol. The molecule has 0 aromatic rings. The van der Waals surface area contributed by atoms with Crippen molar-refractivity contribution in [2.24, 2.45) is 46.8 Å². The van der Waals surface area contributed by atoms with Crippen molar-refractivity contribution in [3.63, 3.8) is 0 Å². The number of aliphatic hydroxyl groups is 1. The number of aliphatic hydroxyl groups excluding tert-OH is 1. The van der Waals surface area contributed by atoms with E-state index in [9.17, 15) is 5.11 Å². The second-order valence-electron chi connectivity index (χ2n) is 12.1. The summed E-state index contributed by atoms with van der Waals surface area (Å²) >= 11 is 0. The Morgan fingerprint density at radius 1 is 1.07 bits per heavy atom. The number of fused-ring (bicyclic) bond motifs is 7. The van der Waals surface area contributed by atoms with E-state index >= 15 is 0 Å². The lowest BCUT2D eigenvalue weighted by Crippen LogP contribution is -2.55. The van der Waals surface area contributed by atoms with Gasteiger partial charge in [-0.2, -0.15) is 0 Å². The Bertz CT molecular complexity index is 695. The van der Waals surface area contributed by atoms with E-state index in [2.05, 4.69) is 32.2 Å². The molecule has 2 heterocycles. The van der Waals surface area contributed by atoms with E-state index in [0.29, 0.717) is 17.4 Å². The minimum absolute atomic E-state index is 0.0191. The summed E-state index contributed by atoms with van der Waals surface area (Å²) in [4.78, 5) is 0. The van der Waals surface area contributed by atoms with Crippen LogP contribution in [0.4, 0.5) is 0 Å². The molecule has 1 spiro atoms. The number of rotatable bonds is 0. The third kappa shape index (κ3) is 2.66. The van der Waals surface area contributed by atoms with Crippen molar-refractivity contribution in [3.05, 3.63) is 11.6 Å². The zero-order valence-electron chi connectivity index (χ0n) is 18.7. The third-order valence-corrected chi connectivity index (χ3v) is 10.9. The molecule has 2 aliphatic heterocycles. The van der Waals surface area contributed by atoms with Gasteiger partial charge in [-0.05, 0) is 98.7 Å². The molecule has 6 aliphatic rings. The van der Waals surface area contributed by atoms with Crippen molar-refractivity contribution < 1.29 is 9.84 Å². The molecule has 2 saturated heterocycles. The molecule has 4 aliphatic carbocycles. The lowest BCUT2D eigenvalue weighted by molar-refractivity contribution is -0.110. The zero-order valence-corrected chi connectivity index (χ0v) is 18.7. The standard InChI is InChI=1S/C26H41NO2/c1-15-8-11-26(27-14-15)16(2)24-20-6-7-22-19(21(20)13-23(24)29-26)5-4-17-12-18(28)9-10-25(17,22)3/h4,15-16,18-24,27-28H,5-14H2,1-3H3/t15-,16+,18-,19-,20+,21+,22-,23-,24-,25-,26+/m1/s1. The Balaban J connectivity index is 1.24. The first kappa shape index (κ1) is 19.3. The van der Waals surface area contributed by atoms with E-state index in [1.807, 2.05) is 0 Å². The summed E-state index contributed by atoms with van der Waals surface area (Å²) < 4.78 is 6.93. The van der Waals surface area contributed by atoms with Crippen molar-refractivity contribution in [1.29, 1.82) is 0 Å². The van der Waals surface area contributed by atoms with Gasteiger partial charge < -0.3 is 9.84 Å². The highest BCUT2D eigenvalue weighted by molar-refractivity contribution is 5.25. The second kappa shape index (κ2) is 6.56. The van der Waals surface area contributed by atoms with Crippen LogP contribution in [0.1, 0.15) is 78.6 Å². The van der Waals surface area contributed by atoms with Crippen LogP contribution in [-0.4, -0.2) is 29.6 Å². The Hall–Kier alpha value is -0.380. The summed E-state index contributed by atoms with van der Waals surface area (Å²) in [5, 5.41) is 14.1. The van der Waals surface area contributed by atoms with Crippen LogP contribution in [0.25, 0.3) is 0 Å². The molecule has 3 saturated carbocycles. The second-order valence-corrected chi connectivity index (χ2v) is 12.1. The average Bonchev–Trinajstić information content (AvgIpc) is 3.19. The largest absolute Gasteiger partial charge is 0.393 e. The molecular weight excluding hydrogens is 358 g/mol.